The van der Waals surface area contributed by atoms with Crippen LogP contribution in [0.3, 0.4) is 0 Å². The topological polar surface area (TPSA) is 64.6 Å². The largest absolute Gasteiger partial charge is 0.488 e. The molecule has 0 fully saturated rings. The molecule has 2 aromatic rings. The van der Waals surface area contributed by atoms with E-state index in [1.807, 2.05) is 12.1 Å². The first-order chi connectivity index (χ1) is 11.6. The summed E-state index contributed by atoms with van der Waals surface area (Å²) in [5.41, 5.74) is 1.02. The van der Waals surface area contributed by atoms with Crippen LogP contribution in [0.25, 0.3) is 0 Å². The summed E-state index contributed by atoms with van der Waals surface area (Å²) in [6.45, 7) is 0.301. The molecule has 0 atom stereocenters. The molecule has 124 valence electrons. The van der Waals surface area contributed by atoms with E-state index in [1.54, 1.807) is 30.3 Å². The molecule has 0 spiro atoms. The molecule has 1 amide bonds. The lowest BCUT2D eigenvalue weighted by Crippen LogP contribution is -2.19. The highest BCUT2D eigenvalue weighted by atomic mass is 35.5. The van der Waals surface area contributed by atoms with Gasteiger partial charge in [0.15, 0.2) is 0 Å². The van der Waals surface area contributed by atoms with Gasteiger partial charge in [-0.15, -0.1) is 11.8 Å². The summed E-state index contributed by atoms with van der Waals surface area (Å²) in [5.74, 6) is 0.385. The lowest BCUT2D eigenvalue weighted by molar-refractivity contribution is -0.113. The maximum absolute atomic E-state index is 12.1. The monoisotopic (exact) mass is 363 g/mol. The molecule has 7 heteroatoms. The zero-order valence-corrected chi connectivity index (χ0v) is 14.2. The number of carbonyl (C=O) groups is 2. The summed E-state index contributed by atoms with van der Waals surface area (Å²) in [7, 11) is 0. The summed E-state index contributed by atoms with van der Waals surface area (Å²) in [6, 6.07) is 12.2. The highest BCUT2D eigenvalue weighted by Gasteiger charge is 2.17. The number of thioether (sulfide) groups is 1. The van der Waals surface area contributed by atoms with Crippen molar-refractivity contribution < 1.29 is 19.1 Å². The van der Waals surface area contributed by atoms with Crippen molar-refractivity contribution in [2.45, 2.75) is 4.90 Å². The first kappa shape index (κ1) is 16.7. The minimum atomic E-state index is -0.467. The first-order valence-electron chi connectivity index (χ1n) is 7.24. The smallest absolute Gasteiger partial charge is 0.338 e. The van der Waals surface area contributed by atoms with Crippen molar-refractivity contribution >= 4 is 40.9 Å². The fraction of sp³-hybridized carbons (Fsp3) is 0.176. The molecule has 1 aliphatic rings. The van der Waals surface area contributed by atoms with Crippen molar-refractivity contribution in [2.75, 3.05) is 24.3 Å². The zero-order chi connectivity index (χ0) is 16.9. The van der Waals surface area contributed by atoms with Crippen LogP contribution in [0.4, 0.5) is 5.69 Å². The Morgan fingerprint density at radius 3 is 2.88 bits per heavy atom. The third-order valence-corrected chi connectivity index (χ3v) is 4.64. The number of hydrogen-bond donors (Lipinski definition) is 1. The number of carbonyl (C=O) groups excluding carboxylic acids is 2. The lowest BCUT2D eigenvalue weighted by atomic mass is 10.2. The number of hydrogen-bond acceptors (Lipinski definition) is 5. The number of benzene rings is 2. The minimum Gasteiger partial charge on any atom is -0.488 e. The van der Waals surface area contributed by atoms with Gasteiger partial charge in [-0.25, -0.2) is 4.79 Å². The van der Waals surface area contributed by atoms with E-state index in [1.165, 1.54) is 11.8 Å². The number of anilines is 1. The molecule has 0 radical (unpaired) electrons. The van der Waals surface area contributed by atoms with E-state index >= 15 is 0 Å². The van der Waals surface area contributed by atoms with Gasteiger partial charge in [0.25, 0.3) is 0 Å². The predicted molar refractivity (Wildman–Crippen MR) is 93.0 cm³/mol. The van der Waals surface area contributed by atoms with Crippen LogP contribution in [0, 0.1) is 0 Å². The van der Waals surface area contributed by atoms with Gasteiger partial charge in [-0.2, -0.15) is 0 Å². The summed E-state index contributed by atoms with van der Waals surface area (Å²) in [5, 5.41) is 3.25. The van der Waals surface area contributed by atoms with Gasteiger partial charge < -0.3 is 14.8 Å². The molecule has 2 aromatic carbocycles. The second kappa shape index (κ2) is 7.59. The van der Waals surface area contributed by atoms with Crippen molar-refractivity contribution in [3.63, 3.8) is 0 Å². The summed E-state index contributed by atoms with van der Waals surface area (Å²) in [6.07, 6.45) is 0. The number of rotatable bonds is 5. The van der Waals surface area contributed by atoms with Gasteiger partial charge in [0.2, 0.25) is 5.91 Å². The van der Waals surface area contributed by atoms with Crippen molar-refractivity contribution in [1.29, 1.82) is 0 Å². The molecule has 3 rings (SSSR count). The number of nitrogens with one attached hydrogen (secondary N) is 1. The molecule has 24 heavy (non-hydrogen) atoms. The molecule has 0 aromatic heterocycles. The molecule has 0 aliphatic carbocycles. The van der Waals surface area contributed by atoms with Crippen LogP contribution in [0.2, 0.25) is 5.02 Å². The molecule has 0 bridgehead atoms. The Balaban J connectivity index is 1.53. The average molecular weight is 364 g/mol. The second-order valence-corrected chi connectivity index (χ2v) is 6.39. The van der Waals surface area contributed by atoms with E-state index in [4.69, 9.17) is 21.1 Å². The van der Waals surface area contributed by atoms with E-state index < -0.39 is 5.97 Å². The normalized spacial score (nSPS) is 13.0. The molecule has 1 N–H and O–H groups in total. The van der Waals surface area contributed by atoms with Crippen LogP contribution in [0.1, 0.15) is 10.4 Å². The molecular formula is C17H14ClNO4S. The standard InChI is InChI=1S/C17H14ClNO4S/c18-12-3-1-2-4-14(12)22-7-8-23-17(21)11-5-6-15-13(9-11)19-16(20)10-24-15/h1-6,9H,7-8,10H2,(H,19,20). The Morgan fingerprint density at radius 1 is 1.21 bits per heavy atom. The molecule has 1 aliphatic heterocycles. The van der Waals surface area contributed by atoms with E-state index in [0.717, 1.165) is 4.90 Å². The quantitative estimate of drug-likeness (QED) is 0.649. The van der Waals surface area contributed by atoms with Gasteiger partial charge in [0, 0.05) is 4.90 Å². The Bertz CT molecular complexity index is 781. The molecule has 1 heterocycles. The van der Waals surface area contributed by atoms with Crippen LogP contribution in [-0.4, -0.2) is 30.8 Å². The van der Waals surface area contributed by atoms with Crippen LogP contribution in [0.15, 0.2) is 47.4 Å². The van der Waals surface area contributed by atoms with Gasteiger partial charge in [0.1, 0.15) is 19.0 Å². The van der Waals surface area contributed by atoms with Crippen molar-refractivity contribution in [3.8, 4) is 5.75 Å². The van der Waals surface area contributed by atoms with Gasteiger partial charge in [-0.05, 0) is 30.3 Å². The number of para-hydroxylation sites is 1. The summed E-state index contributed by atoms with van der Waals surface area (Å²) in [4.78, 5) is 24.4. The number of esters is 1. The molecular weight excluding hydrogens is 350 g/mol. The van der Waals surface area contributed by atoms with Crippen molar-refractivity contribution in [3.05, 3.63) is 53.1 Å². The van der Waals surface area contributed by atoms with Gasteiger partial charge in [0.05, 0.1) is 22.0 Å². The fourth-order valence-electron chi connectivity index (χ4n) is 2.14. The van der Waals surface area contributed by atoms with Crippen LogP contribution < -0.4 is 10.1 Å². The number of ether oxygens (including phenoxy) is 2. The predicted octanol–water partition coefficient (Wildman–Crippen LogP) is 3.62. The van der Waals surface area contributed by atoms with Crippen LogP contribution in [-0.2, 0) is 9.53 Å². The summed E-state index contributed by atoms with van der Waals surface area (Å²) < 4.78 is 10.6. The van der Waals surface area contributed by atoms with Crippen molar-refractivity contribution in [2.24, 2.45) is 0 Å². The molecule has 0 saturated carbocycles. The van der Waals surface area contributed by atoms with Crippen molar-refractivity contribution in [1.82, 2.24) is 0 Å². The SMILES string of the molecule is O=C1CSc2ccc(C(=O)OCCOc3ccccc3Cl)cc2N1. The van der Waals surface area contributed by atoms with E-state index in [0.29, 0.717) is 27.8 Å². The third-order valence-electron chi connectivity index (χ3n) is 3.26. The molecule has 0 unspecified atom stereocenters. The third kappa shape index (κ3) is 4.01. The lowest BCUT2D eigenvalue weighted by Gasteiger charge is -2.16. The van der Waals surface area contributed by atoms with E-state index in [2.05, 4.69) is 5.32 Å². The maximum Gasteiger partial charge on any atom is 0.338 e. The van der Waals surface area contributed by atoms with Gasteiger partial charge in [-0.1, -0.05) is 23.7 Å². The Labute approximate surface area is 148 Å². The number of halogens is 1. The molecule has 0 saturated heterocycles. The van der Waals surface area contributed by atoms with E-state index in [-0.39, 0.29) is 19.1 Å². The Kier molecular flexibility index (Phi) is 5.27. The highest BCUT2D eigenvalue weighted by molar-refractivity contribution is 8.00. The van der Waals surface area contributed by atoms with Crippen LogP contribution in [0.5, 0.6) is 5.75 Å². The van der Waals surface area contributed by atoms with E-state index in [9.17, 15) is 9.59 Å². The second-order valence-electron chi connectivity index (χ2n) is 4.96. The first-order valence-corrected chi connectivity index (χ1v) is 8.61. The number of amides is 1. The average Bonchev–Trinajstić information content (AvgIpc) is 2.59. The number of fused-ring (bicyclic) bond motifs is 1. The summed E-state index contributed by atoms with van der Waals surface area (Å²) >= 11 is 7.41. The Morgan fingerprint density at radius 2 is 2.04 bits per heavy atom. The highest BCUT2D eigenvalue weighted by Crippen LogP contribution is 2.32. The van der Waals surface area contributed by atoms with Gasteiger partial charge in [-0.3, -0.25) is 4.79 Å². The zero-order valence-electron chi connectivity index (χ0n) is 12.6. The minimum absolute atomic E-state index is 0.0776. The fourth-order valence-corrected chi connectivity index (χ4v) is 3.12. The Hall–Kier alpha value is -2.18. The van der Waals surface area contributed by atoms with Crippen LogP contribution >= 0.6 is 23.4 Å². The molecule has 5 nitrogen and oxygen atoms in total. The van der Waals surface area contributed by atoms with Gasteiger partial charge >= 0.3 is 5.97 Å². The maximum atomic E-state index is 12.1.